The molecule has 2 aromatic rings. The first kappa shape index (κ1) is 15.5. The number of carbonyl (C=O) groups excluding carboxylic acids is 1. The van der Waals surface area contributed by atoms with Gasteiger partial charge in [-0.05, 0) is 42.8 Å². The third-order valence-electron chi connectivity index (χ3n) is 3.04. The topological polar surface area (TPSA) is 61.4 Å². The molecule has 2 rings (SSSR count). The van der Waals surface area contributed by atoms with Crippen molar-refractivity contribution in [1.29, 1.82) is 0 Å². The van der Waals surface area contributed by atoms with Gasteiger partial charge in [0.25, 0.3) is 0 Å². The highest BCUT2D eigenvalue weighted by molar-refractivity contribution is 9.10. The van der Waals surface area contributed by atoms with Crippen LogP contribution in [0.5, 0.6) is 0 Å². The van der Waals surface area contributed by atoms with E-state index >= 15 is 0 Å². The van der Waals surface area contributed by atoms with Crippen LogP contribution >= 0.6 is 15.9 Å². The van der Waals surface area contributed by atoms with Crippen LogP contribution in [0.25, 0.3) is 0 Å². The number of aliphatic hydroxyl groups excluding tert-OH is 1. The van der Waals surface area contributed by atoms with Crippen molar-refractivity contribution in [3.63, 3.8) is 0 Å². The van der Waals surface area contributed by atoms with Gasteiger partial charge < -0.3 is 15.7 Å². The summed E-state index contributed by atoms with van der Waals surface area (Å²) in [5, 5.41) is 14.7. The predicted molar refractivity (Wildman–Crippen MR) is 88.3 cm³/mol. The first-order chi connectivity index (χ1) is 10.1. The van der Waals surface area contributed by atoms with Crippen molar-refractivity contribution in [3.05, 3.63) is 58.6 Å². The van der Waals surface area contributed by atoms with E-state index in [1.54, 1.807) is 6.07 Å². The Kier molecular flexibility index (Phi) is 5.36. The maximum absolute atomic E-state index is 11.2. The molecule has 0 aliphatic heterocycles. The van der Waals surface area contributed by atoms with Crippen LogP contribution in [0, 0.1) is 0 Å². The first-order valence-corrected chi connectivity index (χ1v) is 7.40. The molecule has 0 spiro atoms. The predicted octanol–water partition coefficient (Wildman–Crippen LogP) is 3.55. The molecule has 0 radical (unpaired) electrons. The van der Waals surface area contributed by atoms with Crippen molar-refractivity contribution in [2.75, 3.05) is 17.2 Å². The minimum Gasteiger partial charge on any atom is -0.387 e. The quantitative estimate of drug-likeness (QED) is 0.774. The fraction of sp³-hybridized carbons (Fsp3) is 0.188. The number of hydrogen-bond acceptors (Lipinski definition) is 3. The molecule has 110 valence electrons. The zero-order chi connectivity index (χ0) is 15.2. The van der Waals surface area contributed by atoms with E-state index in [0.29, 0.717) is 5.69 Å². The van der Waals surface area contributed by atoms with E-state index in [1.807, 2.05) is 30.3 Å². The Morgan fingerprint density at radius 3 is 2.52 bits per heavy atom. The van der Waals surface area contributed by atoms with Crippen LogP contribution < -0.4 is 10.6 Å². The standard InChI is InChI=1S/C16H17BrN2O2/c1-11(12-5-7-13(17)8-6-12)18-14-3-2-4-15(9-14)19-16(21)10-20/h2-9,11,18,20H,10H2,1H3,(H,19,21)/t11-/m0/s1. The molecule has 0 unspecified atom stereocenters. The second kappa shape index (κ2) is 7.24. The summed E-state index contributed by atoms with van der Waals surface area (Å²) in [7, 11) is 0. The minimum absolute atomic E-state index is 0.141. The molecule has 0 saturated heterocycles. The Bertz CT molecular complexity index is 614. The van der Waals surface area contributed by atoms with E-state index in [-0.39, 0.29) is 6.04 Å². The van der Waals surface area contributed by atoms with Crippen molar-refractivity contribution >= 4 is 33.2 Å². The van der Waals surface area contributed by atoms with E-state index < -0.39 is 12.5 Å². The SMILES string of the molecule is C[C@H](Nc1cccc(NC(=O)CO)c1)c1ccc(Br)cc1. The summed E-state index contributed by atoms with van der Waals surface area (Å²) in [4.78, 5) is 11.2. The largest absolute Gasteiger partial charge is 0.387 e. The van der Waals surface area contributed by atoms with Crippen molar-refractivity contribution < 1.29 is 9.90 Å². The van der Waals surface area contributed by atoms with Crippen molar-refractivity contribution in [2.24, 2.45) is 0 Å². The van der Waals surface area contributed by atoms with Crippen molar-refractivity contribution in [1.82, 2.24) is 0 Å². The Hall–Kier alpha value is -1.85. The van der Waals surface area contributed by atoms with Crippen LogP contribution in [0.3, 0.4) is 0 Å². The molecule has 3 N–H and O–H groups in total. The number of carbonyl (C=O) groups is 1. The monoisotopic (exact) mass is 348 g/mol. The Labute approximate surface area is 132 Å². The Balaban J connectivity index is 2.06. The lowest BCUT2D eigenvalue weighted by Gasteiger charge is -2.16. The highest BCUT2D eigenvalue weighted by Gasteiger charge is 2.06. The van der Waals surface area contributed by atoms with Crippen LogP contribution in [0.2, 0.25) is 0 Å². The number of hydrogen-bond donors (Lipinski definition) is 3. The molecule has 0 aliphatic carbocycles. The highest BCUT2D eigenvalue weighted by atomic mass is 79.9. The van der Waals surface area contributed by atoms with E-state index in [1.165, 1.54) is 5.56 Å². The number of anilines is 2. The van der Waals surface area contributed by atoms with Gasteiger partial charge in [0.15, 0.2) is 0 Å². The van der Waals surface area contributed by atoms with Gasteiger partial charge >= 0.3 is 0 Å². The van der Waals surface area contributed by atoms with Gasteiger partial charge in [-0.3, -0.25) is 4.79 Å². The maximum atomic E-state index is 11.2. The molecule has 0 heterocycles. The number of nitrogens with one attached hydrogen (secondary N) is 2. The molecule has 2 aromatic carbocycles. The lowest BCUT2D eigenvalue weighted by atomic mass is 10.1. The van der Waals surface area contributed by atoms with Crippen molar-refractivity contribution in [2.45, 2.75) is 13.0 Å². The van der Waals surface area contributed by atoms with Gasteiger partial charge in [0.1, 0.15) is 6.61 Å². The zero-order valence-corrected chi connectivity index (χ0v) is 13.2. The van der Waals surface area contributed by atoms with Crippen molar-refractivity contribution in [3.8, 4) is 0 Å². The highest BCUT2D eigenvalue weighted by Crippen LogP contribution is 2.23. The fourth-order valence-electron chi connectivity index (χ4n) is 1.97. The summed E-state index contributed by atoms with van der Waals surface area (Å²) in [6.45, 7) is 1.55. The molecule has 21 heavy (non-hydrogen) atoms. The fourth-order valence-corrected chi connectivity index (χ4v) is 2.24. The van der Waals surface area contributed by atoms with Gasteiger partial charge in [-0.2, -0.15) is 0 Å². The van der Waals surface area contributed by atoms with Crippen LogP contribution in [0.15, 0.2) is 53.0 Å². The lowest BCUT2D eigenvalue weighted by Crippen LogP contribution is -2.15. The normalized spacial score (nSPS) is 11.8. The zero-order valence-electron chi connectivity index (χ0n) is 11.6. The maximum Gasteiger partial charge on any atom is 0.250 e. The number of rotatable bonds is 5. The summed E-state index contributed by atoms with van der Waals surface area (Å²) < 4.78 is 1.05. The Morgan fingerprint density at radius 2 is 1.86 bits per heavy atom. The molecule has 0 fully saturated rings. The average Bonchev–Trinajstić information content (AvgIpc) is 2.48. The summed E-state index contributed by atoms with van der Waals surface area (Å²) in [6.07, 6.45) is 0. The number of halogens is 1. The van der Waals surface area contributed by atoms with Gasteiger partial charge in [0, 0.05) is 21.9 Å². The number of benzene rings is 2. The van der Waals surface area contributed by atoms with E-state index in [4.69, 9.17) is 5.11 Å². The van der Waals surface area contributed by atoms with E-state index in [9.17, 15) is 4.79 Å². The van der Waals surface area contributed by atoms with Crippen LogP contribution in [-0.2, 0) is 4.79 Å². The van der Waals surface area contributed by atoms with Crippen LogP contribution in [0.1, 0.15) is 18.5 Å². The summed E-state index contributed by atoms with van der Waals surface area (Å²) >= 11 is 3.42. The van der Waals surface area contributed by atoms with E-state index in [2.05, 4.69) is 45.6 Å². The summed E-state index contributed by atoms with van der Waals surface area (Å²) in [6, 6.07) is 15.7. The van der Waals surface area contributed by atoms with E-state index in [0.717, 1.165) is 10.2 Å². The molecule has 0 aliphatic rings. The summed E-state index contributed by atoms with van der Waals surface area (Å²) in [5.41, 5.74) is 2.73. The smallest absolute Gasteiger partial charge is 0.250 e. The number of aliphatic hydroxyl groups is 1. The molecule has 1 atom stereocenters. The summed E-state index contributed by atoms with van der Waals surface area (Å²) in [5.74, 6) is -0.423. The second-order valence-electron chi connectivity index (χ2n) is 4.70. The van der Waals surface area contributed by atoms with Gasteiger partial charge in [-0.1, -0.05) is 34.1 Å². The third kappa shape index (κ3) is 4.58. The number of amides is 1. The van der Waals surface area contributed by atoms with Gasteiger partial charge in [-0.15, -0.1) is 0 Å². The van der Waals surface area contributed by atoms with Gasteiger partial charge in [-0.25, -0.2) is 0 Å². The minimum atomic E-state index is -0.521. The lowest BCUT2D eigenvalue weighted by molar-refractivity contribution is -0.118. The molecule has 0 bridgehead atoms. The van der Waals surface area contributed by atoms with Crippen LogP contribution in [-0.4, -0.2) is 17.6 Å². The first-order valence-electron chi connectivity index (χ1n) is 6.61. The average molecular weight is 349 g/mol. The molecule has 0 saturated carbocycles. The molecule has 5 heteroatoms. The second-order valence-corrected chi connectivity index (χ2v) is 5.62. The molecule has 4 nitrogen and oxygen atoms in total. The third-order valence-corrected chi connectivity index (χ3v) is 3.57. The van der Waals surface area contributed by atoms with Gasteiger partial charge in [0.05, 0.1) is 0 Å². The molecule has 1 amide bonds. The van der Waals surface area contributed by atoms with Gasteiger partial charge in [0.2, 0.25) is 5.91 Å². The molecular weight excluding hydrogens is 332 g/mol. The Morgan fingerprint density at radius 1 is 1.19 bits per heavy atom. The van der Waals surface area contributed by atoms with Crippen LogP contribution in [0.4, 0.5) is 11.4 Å². The molecule has 0 aromatic heterocycles. The molecular formula is C16H17BrN2O2.